The summed E-state index contributed by atoms with van der Waals surface area (Å²) in [5.41, 5.74) is 5.83. The van der Waals surface area contributed by atoms with E-state index in [0.717, 1.165) is 0 Å². The first-order valence-electron chi connectivity index (χ1n) is 5.88. The van der Waals surface area contributed by atoms with Gasteiger partial charge in [0.2, 0.25) is 0 Å². The van der Waals surface area contributed by atoms with Crippen LogP contribution in [0, 0.1) is 0 Å². The minimum absolute atomic E-state index is 0.0907. The molecule has 0 aliphatic rings. The number of nitrogens with two attached hydrogens (primary N) is 1. The molecule has 3 nitrogen and oxygen atoms in total. The minimum Gasteiger partial charge on any atom is -0.380 e. The van der Waals surface area contributed by atoms with E-state index >= 15 is 0 Å². The van der Waals surface area contributed by atoms with Gasteiger partial charge >= 0.3 is 0 Å². The van der Waals surface area contributed by atoms with Gasteiger partial charge in [0.25, 0.3) is 0 Å². The van der Waals surface area contributed by atoms with Crippen LogP contribution in [-0.4, -0.2) is 55.3 Å². The molecule has 0 spiro atoms. The second kappa shape index (κ2) is 7.54. The Bertz CT molecular complexity index is 192. The predicted octanol–water partition coefficient (Wildman–Crippen LogP) is 1.81. The van der Waals surface area contributed by atoms with Crippen LogP contribution in [0.1, 0.15) is 27.2 Å². The first-order valence-corrected chi connectivity index (χ1v) is 7.28. The zero-order valence-corrected chi connectivity index (χ0v) is 12.4. The summed E-state index contributed by atoms with van der Waals surface area (Å²) in [5.74, 6) is 1.19. The van der Waals surface area contributed by atoms with Crippen molar-refractivity contribution in [2.75, 3.05) is 32.7 Å². The van der Waals surface area contributed by atoms with Gasteiger partial charge in [-0.2, -0.15) is 11.8 Å². The van der Waals surface area contributed by atoms with Crippen molar-refractivity contribution in [3.63, 3.8) is 0 Å². The largest absolute Gasteiger partial charge is 0.380 e. The Hall–Kier alpha value is 0.230. The second-order valence-corrected chi connectivity index (χ2v) is 5.67. The predicted molar refractivity (Wildman–Crippen MR) is 74.2 cm³/mol. The van der Waals surface area contributed by atoms with Crippen LogP contribution in [0.5, 0.6) is 0 Å². The Kier molecular flexibility index (Phi) is 7.64. The van der Waals surface area contributed by atoms with Gasteiger partial charge in [0.05, 0.1) is 11.6 Å². The molecule has 16 heavy (non-hydrogen) atoms. The molecule has 4 heteroatoms. The maximum absolute atomic E-state index is 5.92. The highest BCUT2D eigenvalue weighted by Gasteiger charge is 2.36. The Morgan fingerprint density at radius 3 is 2.38 bits per heavy atom. The van der Waals surface area contributed by atoms with Crippen LogP contribution in [0.25, 0.3) is 0 Å². The zero-order chi connectivity index (χ0) is 12.8. The van der Waals surface area contributed by atoms with Gasteiger partial charge in [0.1, 0.15) is 0 Å². The molecule has 0 radical (unpaired) electrons. The second-order valence-electron chi connectivity index (χ2n) is 4.68. The van der Waals surface area contributed by atoms with E-state index in [1.165, 1.54) is 12.2 Å². The monoisotopic (exact) mass is 248 g/mol. The van der Waals surface area contributed by atoms with Crippen LogP contribution in [0.15, 0.2) is 0 Å². The molecule has 0 amide bonds. The third-order valence-electron chi connectivity index (χ3n) is 3.85. The Balaban J connectivity index is 4.55. The maximum Gasteiger partial charge on any atom is 0.0736 e. The maximum atomic E-state index is 5.92. The quantitative estimate of drug-likeness (QED) is 0.711. The lowest BCUT2D eigenvalue weighted by Crippen LogP contribution is -2.60. The lowest BCUT2D eigenvalue weighted by molar-refractivity contribution is -0.0350. The fourth-order valence-corrected chi connectivity index (χ4v) is 2.41. The third-order valence-corrected chi connectivity index (χ3v) is 4.49. The lowest BCUT2D eigenvalue weighted by atomic mass is 9.92. The first kappa shape index (κ1) is 16.2. The number of ether oxygens (including phenoxy) is 1. The molecule has 0 fully saturated rings. The van der Waals surface area contributed by atoms with Gasteiger partial charge in [0, 0.05) is 19.7 Å². The number of likely N-dealkylation sites (N-methyl/N-ethyl adjacent to an activating group) is 1. The molecule has 0 saturated heterocycles. The summed E-state index contributed by atoms with van der Waals surface area (Å²) >= 11 is 1.89. The summed E-state index contributed by atoms with van der Waals surface area (Å²) in [6.45, 7) is 7.13. The molecule has 3 unspecified atom stereocenters. The van der Waals surface area contributed by atoms with E-state index in [9.17, 15) is 0 Å². The molecule has 0 heterocycles. The number of hydrogen-bond donors (Lipinski definition) is 1. The van der Waals surface area contributed by atoms with Gasteiger partial charge in [-0.25, -0.2) is 0 Å². The van der Waals surface area contributed by atoms with Crippen molar-refractivity contribution < 1.29 is 4.74 Å². The number of hydrogen-bond acceptors (Lipinski definition) is 4. The number of methoxy groups -OCH3 is 1. The molecule has 0 bridgehead atoms. The van der Waals surface area contributed by atoms with E-state index in [0.29, 0.717) is 12.6 Å². The van der Waals surface area contributed by atoms with E-state index < -0.39 is 0 Å². The molecule has 98 valence electrons. The van der Waals surface area contributed by atoms with Crippen LogP contribution in [0.4, 0.5) is 0 Å². The summed E-state index contributed by atoms with van der Waals surface area (Å²) in [6.07, 6.45) is 3.47. The molecule has 0 saturated carbocycles. The lowest BCUT2D eigenvalue weighted by Gasteiger charge is -2.45. The van der Waals surface area contributed by atoms with Crippen molar-refractivity contribution in [1.29, 1.82) is 0 Å². The molecule has 0 aromatic carbocycles. The van der Waals surface area contributed by atoms with Gasteiger partial charge in [-0.05, 0) is 46.2 Å². The molecular formula is C12H28N2OS. The molecule has 0 rings (SSSR count). The van der Waals surface area contributed by atoms with Crippen LogP contribution in [0.3, 0.4) is 0 Å². The molecule has 3 atom stereocenters. The first-order chi connectivity index (χ1) is 7.43. The van der Waals surface area contributed by atoms with Gasteiger partial charge in [-0.1, -0.05) is 0 Å². The number of nitrogens with zero attached hydrogens (tertiary/aromatic N) is 1. The summed E-state index contributed by atoms with van der Waals surface area (Å²) in [4.78, 5) is 2.36. The smallest absolute Gasteiger partial charge is 0.0736 e. The summed E-state index contributed by atoms with van der Waals surface area (Å²) < 4.78 is 5.46. The Morgan fingerprint density at radius 1 is 1.44 bits per heavy atom. The van der Waals surface area contributed by atoms with Crippen molar-refractivity contribution in [2.45, 2.75) is 44.9 Å². The van der Waals surface area contributed by atoms with Crippen molar-refractivity contribution in [1.82, 2.24) is 4.90 Å². The minimum atomic E-state index is -0.0907. The molecule has 2 N–H and O–H groups in total. The van der Waals surface area contributed by atoms with E-state index in [4.69, 9.17) is 10.5 Å². The Labute approximate surface area is 105 Å². The molecule has 0 aromatic heterocycles. The molecule has 0 aromatic rings. The summed E-state index contributed by atoms with van der Waals surface area (Å²) in [6, 6.07) is 0.526. The van der Waals surface area contributed by atoms with Crippen LogP contribution < -0.4 is 5.73 Å². The van der Waals surface area contributed by atoms with Crippen LogP contribution in [-0.2, 0) is 4.74 Å². The average molecular weight is 248 g/mol. The Morgan fingerprint density at radius 2 is 2.00 bits per heavy atom. The van der Waals surface area contributed by atoms with Crippen molar-refractivity contribution in [3.05, 3.63) is 0 Å². The normalized spacial score (nSPS) is 19.5. The topological polar surface area (TPSA) is 38.5 Å². The van der Waals surface area contributed by atoms with E-state index in [1.807, 2.05) is 11.8 Å². The van der Waals surface area contributed by atoms with Gasteiger partial charge < -0.3 is 10.5 Å². The van der Waals surface area contributed by atoms with Gasteiger partial charge in [-0.15, -0.1) is 0 Å². The van der Waals surface area contributed by atoms with E-state index in [1.54, 1.807) is 7.11 Å². The van der Waals surface area contributed by atoms with Gasteiger partial charge in [0.15, 0.2) is 0 Å². The van der Waals surface area contributed by atoms with E-state index in [2.05, 4.69) is 39.0 Å². The van der Waals surface area contributed by atoms with E-state index in [-0.39, 0.29) is 11.6 Å². The van der Waals surface area contributed by atoms with Crippen LogP contribution in [0.2, 0.25) is 0 Å². The van der Waals surface area contributed by atoms with Gasteiger partial charge in [-0.3, -0.25) is 4.90 Å². The fraction of sp³-hybridized carbons (Fsp3) is 1.00. The molecular weight excluding hydrogens is 220 g/mol. The number of rotatable bonds is 8. The fourth-order valence-electron chi connectivity index (χ4n) is 1.84. The average Bonchev–Trinajstić information content (AvgIpc) is 2.32. The third kappa shape index (κ3) is 3.91. The molecule has 0 aliphatic carbocycles. The number of thioether (sulfide) groups is 1. The summed E-state index contributed by atoms with van der Waals surface area (Å²) in [5, 5.41) is 0. The van der Waals surface area contributed by atoms with Crippen molar-refractivity contribution in [3.8, 4) is 0 Å². The standard InChI is InChI=1S/C12H28N2OS/c1-10(7-8-16-6)14(4)12(3,9-13)11(2)15-5/h10-11H,7-9,13H2,1-6H3. The zero-order valence-electron chi connectivity index (χ0n) is 11.6. The highest BCUT2D eigenvalue weighted by Crippen LogP contribution is 2.23. The molecule has 0 aliphatic heterocycles. The summed E-state index contributed by atoms with van der Waals surface area (Å²) in [7, 11) is 3.90. The van der Waals surface area contributed by atoms with Crippen LogP contribution >= 0.6 is 11.8 Å². The van der Waals surface area contributed by atoms with Crippen molar-refractivity contribution in [2.24, 2.45) is 5.73 Å². The highest BCUT2D eigenvalue weighted by molar-refractivity contribution is 7.98. The highest BCUT2D eigenvalue weighted by atomic mass is 32.2. The SMILES string of the molecule is COC(C)C(C)(CN)N(C)C(C)CCSC. The van der Waals surface area contributed by atoms with Crippen molar-refractivity contribution >= 4 is 11.8 Å².